The molecule has 1 amide bonds. The molecule has 7 rings (SSSR count). The van der Waals surface area contributed by atoms with Gasteiger partial charge in [0.25, 0.3) is 0 Å². The lowest BCUT2D eigenvalue weighted by Crippen LogP contribution is -2.49. The third-order valence-electron chi connectivity index (χ3n) is 8.50. The highest BCUT2D eigenvalue weighted by Crippen LogP contribution is 2.62. The Bertz CT molecular complexity index is 1710. The van der Waals surface area contributed by atoms with Crippen molar-refractivity contribution in [3.05, 3.63) is 124 Å². The first-order valence-corrected chi connectivity index (χ1v) is 14.7. The van der Waals surface area contributed by atoms with Crippen molar-refractivity contribution in [3.8, 4) is 5.75 Å². The van der Waals surface area contributed by atoms with Crippen molar-refractivity contribution >= 4 is 40.6 Å². The zero-order valence-corrected chi connectivity index (χ0v) is 23.3. The number of anilines is 1. The van der Waals surface area contributed by atoms with Crippen LogP contribution in [0.25, 0.3) is 6.08 Å². The summed E-state index contributed by atoms with van der Waals surface area (Å²) in [4.78, 5) is 46.4. The average Bonchev–Trinajstić information content (AvgIpc) is 3.72. The van der Waals surface area contributed by atoms with E-state index in [1.807, 2.05) is 96.2 Å². The second-order valence-electron chi connectivity index (χ2n) is 10.6. The number of para-hydroxylation sites is 2. The standard InChI is InChI=1S/C34H28N2O4S/c1-2-19-40-26-15-8-5-12-23(26)30(37)29-28(31(38)27-16-9-20-41-27)34(24-13-6-7-14-25(24)35-33(34)39)32-22-11-4-3-10-21(22)17-18-36(29)32/h3-18,20,28-29,32H,2,19H2,1H3,(H,35,39)/t28-,29+,32-,34-/m1/s1. The van der Waals surface area contributed by atoms with Gasteiger partial charge in [-0.05, 0) is 58.8 Å². The third-order valence-corrected chi connectivity index (χ3v) is 9.38. The average molecular weight is 561 g/mol. The SMILES string of the molecule is CCCOc1ccccc1C(=O)[C@@H]1[C@H](C(=O)c2cccs2)[C@@]2(C(=O)Nc3ccccc32)[C@H]2c3ccccc3C=CN12. The van der Waals surface area contributed by atoms with Crippen molar-refractivity contribution in [2.75, 3.05) is 11.9 Å². The predicted molar refractivity (Wildman–Crippen MR) is 159 cm³/mol. The van der Waals surface area contributed by atoms with E-state index in [1.165, 1.54) is 11.3 Å². The van der Waals surface area contributed by atoms with Crippen LogP contribution in [0, 0.1) is 5.92 Å². The summed E-state index contributed by atoms with van der Waals surface area (Å²) in [5.41, 5.74) is 2.37. The summed E-state index contributed by atoms with van der Waals surface area (Å²) in [5, 5.41) is 4.94. The van der Waals surface area contributed by atoms with Crippen LogP contribution in [-0.2, 0) is 10.2 Å². The first kappa shape index (κ1) is 25.5. The molecule has 1 aromatic heterocycles. The number of benzene rings is 3. The minimum absolute atomic E-state index is 0.211. The van der Waals surface area contributed by atoms with Crippen molar-refractivity contribution in [2.45, 2.75) is 30.8 Å². The number of nitrogens with one attached hydrogen (secondary N) is 1. The smallest absolute Gasteiger partial charge is 0.238 e. The van der Waals surface area contributed by atoms with E-state index in [9.17, 15) is 14.4 Å². The van der Waals surface area contributed by atoms with E-state index in [4.69, 9.17) is 4.74 Å². The molecule has 0 radical (unpaired) electrons. The summed E-state index contributed by atoms with van der Waals surface area (Å²) in [7, 11) is 0. The number of hydrogen-bond donors (Lipinski definition) is 1. The van der Waals surface area contributed by atoms with Crippen LogP contribution in [0.3, 0.4) is 0 Å². The molecule has 1 saturated heterocycles. The predicted octanol–water partition coefficient (Wildman–Crippen LogP) is 6.52. The van der Waals surface area contributed by atoms with E-state index in [-0.39, 0.29) is 17.5 Å². The van der Waals surface area contributed by atoms with Crippen LogP contribution in [0.1, 0.15) is 56.1 Å². The number of ketones is 2. The largest absolute Gasteiger partial charge is 0.493 e. The highest BCUT2D eigenvalue weighted by Gasteiger charge is 2.71. The fourth-order valence-corrected chi connectivity index (χ4v) is 7.61. The van der Waals surface area contributed by atoms with Gasteiger partial charge in [0, 0.05) is 11.9 Å². The molecule has 4 heterocycles. The number of Topliss-reactive ketones (excluding diaryl/α,β-unsaturated/α-hetero) is 2. The second kappa shape index (κ2) is 9.85. The van der Waals surface area contributed by atoms with Gasteiger partial charge >= 0.3 is 0 Å². The Labute approximate surface area is 242 Å². The molecule has 6 nitrogen and oxygen atoms in total. The van der Waals surface area contributed by atoms with Gasteiger partial charge in [0.05, 0.1) is 29.0 Å². The number of carbonyl (C=O) groups excluding carboxylic acids is 3. The number of amides is 1. The molecular weight excluding hydrogens is 532 g/mol. The molecule has 0 bridgehead atoms. The first-order chi connectivity index (χ1) is 20.1. The van der Waals surface area contributed by atoms with E-state index >= 15 is 0 Å². The Morgan fingerprint density at radius 2 is 1.73 bits per heavy atom. The number of thiophene rings is 1. The van der Waals surface area contributed by atoms with Gasteiger partial charge in [-0.15, -0.1) is 11.3 Å². The van der Waals surface area contributed by atoms with Crippen LogP contribution in [0.15, 0.2) is 96.5 Å². The molecule has 1 spiro atoms. The summed E-state index contributed by atoms with van der Waals surface area (Å²) in [6.07, 6.45) is 4.65. The fraction of sp³-hybridized carbons (Fsp3) is 0.206. The lowest BCUT2D eigenvalue weighted by molar-refractivity contribution is -0.122. The van der Waals surface area contributed by atoms with Crippen molar-refractivity contribution in [3.63, 3.8) is 0 Å². The summed E-state index contributed by atoms with van der Waals surface area (Å²) < 4.78 is 6.00. The Morgan fingerprint density at radius 3 is 2.56 bits per heavy atom. The molecule has 3 aliphatic heterocycles. The van der Waals surface area contributed by atoms with E-state index < -0.39 is 23.4 Å². The molecule has 1 N–H and O–H groups in total. The second-order valence-corrected chi connectivity index (χ2v) is 11.6. The monoisotopic (exact) mass is 560 g/mol. The maximum atomic E-state index is 14.8. The third kappa shape index (κ3) is 3.65. The molecule has 4 aromatic rings. The lowest BCUT2D eigenvalue weighted by atomic mass is 9.63. The van der Waals surface area contributed by atoms with Gasteiger partial charge in [0.1, 0.15) is 17.2 Å². The van der Waals surface area contributed by atoms with Crippen LogP contribution < -0.4 is 10.1 Å². The fourth-order valence-electron chi connectivity index (χ4n) is 6.91. The Hall–Kier alpha value is -4.49. The minimum atomic E-state index is -1.34. The first-order valence-electron chi connectivity index (χ1n) is 13.9. The quantitative estimate of drug-likeness (QED) is 0.261. The van der Waals surface area contributed by atoms with Crippen molar-refractivity contribution in [2.24, 2.45) is 5.92 Å². The van der Waals surface area contributed by atoms with Crippen LogP contribution in [0.5, 0.6) is 5.75 Å². The highest BCUT2D eigenvalue weighted by molar-refractivity contribution is 7.12. The maximum Gasteiger partial charge on any atom is 0.238 e. The number of fused-ring (bicyclic) bond motifs is 6. The van der Waals surface area contributed by atoms with Gasteiger partial charge in [-0.25, -0.2) is 0 Å². The van der Waals surface area contributed by atoms with Gasteiger partial charge < -0.3 is 15.0 Å². The van der Waals surface area contributed by atoms with E-state index in [2.05, 4.69) is 5.32 Å². The van der Waals surface area contributed by atoms with Gasteiger partial charge in [-0.3, -0.25) is 14.4 Å². The highest BCUT2D eigenvalue weighted by atomic mass is 32.1. The number of ether oxygens (including phenoxy) is 1. The molecular formula is C34H28N2O4S. The summed E-state index contributed by atoms with van der Waals surface area (Å²) >= 11 is 1.33. The van der Waals surface area contributed by atoms with Crippen molar-refractivity contribution < 1.29 is 19.1 Å². The van der Waals surface area contributed by atoms with Crippen LogP contribution in [0.2, 0.25) is 0 Å². The molecule has 3 aromatic carbocycles. The topological polar surface area (TPSA) is 75.7 Å². The number of nitrogens with zero attached hydrogens (tertiary/aromatic N) is 1. The van der Waals surface area contributed by atoms with Crippen LogP contribution >= 0.6 is 11.3 Å². The molecule has 41 heavy (non-hydrogen) atoms. The van der Waals surface area contributed by atoms with Crippen LogP contribution in [-0.4, -0.2) is 35.0 Å². The molecule has 0 saturated carbocycles. The number of rotatable bonds is 7. The lowest BCUT2D eigenvalue weighted by Gasteiger charge is -2.38. The van der Waals surface area contributed by atoms with Gasteiger partial charge in [0.2, 0.25) is 5.91 Å². The van der Waals surface area contributed by atoms with E-state index in [0.29, 0.717) is 28.5 Å². The molecule has 4 atom stereocenters. The van der Waals surface area contributed by atoms with E-state index in [1.54, 1.807) is 18.2 Å². The summed E-state index contributed by atoms with van der Waals surface area (Å²) in [6.45, 7) is 2.48. The minimum Gasteiger partial charge on any atom is -0.493 e. The zero-order valence-electron chi connectivity index (χ0n) is 22.4. The summed E-state index contributed by atoms with van der Waals surface area (Å²) in [5.74, 6) is -1.22. The molecule has 0 aliphatic carbocycles. The maximum absolute atomic E-state index is 14.8. The van der Waals surface area contributed by atoms with E-state index in [0.717, 1.165) is 23.1 Å². The Kier molecular flexibility index (Phi) is 6.12. The Morgan fingerprint density at radius 1 is 0.951 bits per heavy atom. The molecule has 1 fully saturated rings. The van der Waals surface area contributed by atoms with Gasteiger partial charge in [-0.1, -0.05) is 67.6 Å². The molecule has 3 aliphatic rings. The molecule has 204 valence electrons. The molecule has 0 unspecified atom stereocenters. The Balaban J connectivity index is 1.51. The van der Waals surface area contributed by atoms with Gasteiger partial charge in [-0.2, -0.15) is 0 Å². The normalized spacial score (nSPS) is 23.6. The number of hydrogen-bond acceptors (Lipinski definition) is 6. The summed E-state index contributed by atoms with van der Waals surface area (Å²) in [6, 6.07) is 24.8. The van der Waals surface area contributed by atoms with Crippen molar-refractivity contribution in [1.82, 2.24) is 4.90 Å². The molecule has 7 heteroatoms. The van der Waals surface area contributed by atoms with Gasteiger partial charge in [0.15, 0.2) is 11.6 Å². The van der Waals surface area contributed by atoms with Crippen LogP contribution in [0.4, 0.5) is 5.69 Å². The number of carbonyl (C=O) groups is 3. The van der Waals surface area contributed by atoms with Crippen molar-refractivity contribution in [1.29, 1.82) is 0 Å². The zero-order chi connectivity index (χ0) is 28.1.